The maximum Gasteiger partial charge on any atom is 0.191 e. The standard InChI is InChI=1S/C15H26N4O2S/c1-11-12(2)22-14(19-11)9-18-15(16-3)17-6-8-20-10-13-5-4-7-21-13/h13H,4-10H2,1-3H3,(H2,16,17,18). The Morgan fingerprint density at radius 2 is 2.32 bits per heavy atom. The molecule has 0 aromatic carbocycles. The summed E-state index contributed by atoms with van der Waals surface area (Å²) < 4.78 is 11.1. The molecule has 2 heterocycles. The maximum absolute atomic E-state index is 5.61. The summed E-state index contributed by atoms with van der Waals surface area (Å²) in [7, 11) is 1.76. The Morgan fingerprint density at radius 1 is 1.45 bits per heavy atom. The number of guanidine groups is 1. The molecule has 0 radical (unpaired) electrons. The molecule has 1 aliphatic heterocycles. The van der Waals surface area contributed by atoms with E-state index in [4.69, 9.17) is 9.47 Å². The molecular weight excluding hydrogens is 300 g/mol. The van der Waals surface area contributed by atoms with Crippen molar-refractivity contribution in [3.8, 4) is 0 Å². The Labute approximate surface area is 136 Å². The molecule has 7 heteroatoms. The second-order valence-electron chi connectivity index (χ2n) is 5.31. The van der Waals surface area contributed by atoms with Crippen molar-refractivity contribution in [2.24, 2.45) is 4.99 Å². The van der Waals surface area contributed by atoms with Crippen molar-refractivity contribution >= 4 is 17.3 Å². The van der Waals surface area contributed by atoms with Crippen LogP contribution in [0.1, 0.15) is 28.4 Å². The first-order valence-electron chi connectivity index (χ1n) is 7.76. The Bertz CT molecular complexity index is 464. The van der Waals surface area contributed by atoms with E-state index in [9.17, 15) is 0 Å². The molecule has 1 aliphatic rings. The quantitative estimate of drug-likeness (QED) is 0.453. The van der Waals surface area contributed by atoms with Crippen molar-refractivity contribution in [2.75, 3.05) is 33.4 Å². The van der Waals surface area contributed by atoms with Crippen LogP contribution in [0.3, 0.4) is 0 Å². The zero-order chi connectivity index (χ0) is 15.8. The molecule has 0 saturated carbocycles. The maximum atomic E-state index is 5.61. The van der Waals surface area contributed by atoms with Gasteiger partial charge in [0.15, 0.2) is 5.96 Å². The van der Waals surface area contributed by atoms with Gasteiger partial charge in [-0.05, 0) is 26.7 Å². The number of aliphatic imine (C=N–C) groups is 1. The topological polar surface area (TPSA) is 67.8 Å². The number of nitrogens with zero attached hydrogens (tertiary/aromatic N) is 2. The third-order valence-corrected chi connectivity index (χ3v) is 4.64. The summed E-state index contributed by atoms with van der Waals surface area (Å²) >= 11 is 1.72. The van der Waals surface area contributed by atoms with E-state index >= 15 is 0 Å². The van der Waals surface area contributed by atoms with Crippen LogP contribution in [0.15, 0.2) is 4.99 Å². The highest BCUT2D eigenvalue weighted by Gasteiger charge is 2.14. The number of rotatable bonds is 7. The van der Waals surface area contributed by atoms with Gasteiger partial charge in [-0.15, -0.1) is 11.3 Å². The van der Waals surface area contributed by atoms with Gasteiger partial charge >= 0.3 is 0 Å². The zero-order valence-corrected chi connectivity index (χ0v) is 14.5. The van der Waals surface area contributed by atoms with Gasteiger partial charge in [0, 0.05) is 25.1 Å². The van der Waals surface area contributed by atoms with Crippen LogP contribution >= 0.6 is 11.3 Å². The molecule has 2 N–H and O–H groups in total. The minimum atomic E-state index is 0.286. The third kappa shape index (κ3) is 5.55. The summed E-state index contributed by atoms with van der Waals surface area (Å²) in [5, 5.41) is 7.58. The molecule has 124 valence electrons. The molecule has 0 amide bonds. The van der Waals surface area contributed by atoms with E-state index in [0.29, 0.717) is 19.8 Å². The van der Waals surface area contributed by atoms with Crippen LogP contribution in [0.5, 0.6) is 0 Å². The van der Waals surface area contributed by atoms with Crippen LogP contribution in [-0.4, -0.2) is 50.5 Å². The highest BCUT2D eigenvalue weighted by Crippen LogP contribution is 2.15. The largest absolute Gasteiger partial charge is 0.377 e. The van der Waals surface area contributed by atoms with Gasteiger partial charge < -0.3 is 20.1 Å². The van der Waals surface area contributed by atoms with Crippen LogP contribution in [0.2, 0.25) is 0 Å². The molecule has 0 bridgehead atoms. The average molecular weight is 326 g/mol. The van der Waals surface area contributed by atoms with E-state index in [0.717, 1.165) is 42.7 Å². The van der Waals surface area contributed by atoms with Crippen molar-refractivity contribution in [1.29, 1.82) is 0 Å². The van der Waals surface area contributed by atoms with Crippen LogP contribution in [0.25, 0.3) is 0 Å². The van der Waals surface area contributed by atoms with Gasteiger partial charge in [-0.3, -0.25) is 4.99 Å². The van der Waals surface area contributed by atoms with E-state index in [1.54, 1.807) is 18.4 Å². The summed E-state index contributed by atoms with van der Waals surface area (Å²) in [5.74, 6) is 0.770. The van der Waals surface area contributed by atoms with Crippen molar-refractivity contribution < 1.29 is 9.47 Å². The van der Waals surface area contributed by atoms with E-state index < -0.39 is 0 Å². The van der Waals surface area contributed by atoms with Crippen LogP contribution in [0.4, 0.5) is 0 Å². The number of aromatic nitrogens is 1. The summed E-state index contributed by atoms with van der Waals surface area (Å²) in [5.41, 5.74) is 1.10. The number of ether oxygens (including phenoxy) is 2. The molecule has 0 aliphatic carbocycles. The second-order valence-corrected chi connectivity index (χ2v) is 6.60. The molecule has 22 heavy (non-hydrogen) atoms. The SMILES string of the molecule is CN=C(NCCOCC1CCCO1)NCc1nc(C)c(C)s1. The lowest BCUT2D eigenvalue weighted by molar-refractivity contribution is 0.0191. The van der Waals surface area contributed by atoms with Gasteiger partial charge in [0.05, 0.1) is 31.6 Å². The fourth-order valence-corrected chi connectivity index (χ4v) is 3.10. The first kappa shape index (κ1) is 17.2. The Morgan fingerprint density at radius 3 is 2.95 bits per heavy atom. The Hall–Kier alpha value is -1.18. The number of aryl methyl sites for hydroxylation is 2. The summed E-state index contributed by atoms with van der Waals surface area (Å²) in [6.07, 6.45) is 2.55. The second kappa shape index (κ2) is 9.07. The van der Waals surface area contributed by atoms with Crippen molar-refractivity contribution in [3.63, 3.8) is 0 Å². The van der Waals surface area contributed by atoms with Gasteiger partial charge in [0.1, 0.15) is 5.01 Å². The Kier molecular flexibility index (Phi) is 7.08. The molecular formula is C15H26N4O2S. The van der Waals surface area contributed by atoms with Crippen LogP contribution in [-0.2, 0) is 16.0 Å². The van der Waals surface area contributed by atoms with E-state index in [1.165, 1.54) is 4.88 Å². The highest BCUT2D eigenvalue weighted by atomic mass is 32.1. The average Bonchev–Trinajstić information content (AvgIpc) is 3.12. The lowest BCUT2D eigenvalue weighted by Gasteiger charge is -2.12. The fourth-order valence-electron chi connectivity index (χ4n) is 2.23. The molecule has 1 aromatic rings. The predicted octanol–water partition coefficient (Wildman–Crippen LogP) is 1.62. The molecule has 1 unspecified atom stereocenters. The molecule has 1 fully saturated rings. The molecule has 1 aromatic heterocycles. The van der Waals surface area contributed by atoms with Crippen LogP contribution in [0, 0.1) is 13.8 Å². The normalized spacial score (nSPS) is 18.7. The minimum Gasteiger partial charge on any atom is -0.377 e. The summed E-state index contributed by atoms with van der Waals surface area (Å²) in [4.78, 5) is 9.97. The highest BCUT2D eigenvalue weighted by molar-refractivity contribution is 7.11. The van der Waals surface area contributed by atoms with Crippen molar-refractivity contribution in [3.05, 3.63) is 15.6 Å². The van der Waals surface area contributed by atoms with Gasteiger partial charge in [0.2, 0.25) is 0 Å². The molecule has 1 atom stereocenters. The summed E-state index contributed by atoms with van der Waals surface area (Å²) in [6, 6.07) is 0. The first-order chi connectivity index (χ1) is 10.7. The monoisotopic (exact) mass is 326 g/mol. The molecule has 1 saturated heterocycles. The van der Waals surface area contributed by atoms with E-state index in [1.807, 2.05) is 6.92 Å². The summed E-state index contributed by atoms with van der Waals surface area (Å²) in [6.45, 7) is 7.75. The zero-order valence-electron chi connectivity index (χ0n) is 13.6. The fraction of sp³-hybridized carbons (Fsp3) is 0.733. The molecule has 0 spiro atoms. The minimum absolute atomic E-state index is 0.286. The van der Waals surface area contributed by atoms with Gasteiger partial charge in [-0.25, -0.2) is 4.98 Å². The number of thiazole rings is 1. The van der Waals surface area contributed by atoms with Gasteiger partial charge in [0.25, 0.3) is 0 Å². The third-order valence-electron chi connectivity index (χ3n) is 3.57. The van der Waals surface area contributed by atoms with Gasteiger partial charge in [-0.2, -0.15) is 0 Å². The smallest absolute Gasteiger partial charge is 0.191 e. The molecule has 6 nitrogen and oxygen atoms in total. The van der Waals surface area contributed by atoms with Crippen LogP contribution < -0.4 is 10.6 Å². The first-order valence-corrected chi connectivity index (χ1v) is 8.57. The van der Waals surface area contributed by atoms with Crippen molar-refractivity contribution in [2.45, 2.75) is 39.3 Å². The Balaban J connectivity index is 1.58. The number of hydrogen-bond donors (Lipinski definition) is 2. The number of hydrogen-bond acceptors (Lipinski definition) is 5. The van der Waals surface area contributed by atoms with E-state index in [2.05, 4.69) is 27.5 Å². The van der Waals surface area contributed by atoms with E-state index in [-0.39, 0.29) is 6.10 Å². The predicted molar refractivity (Wildman–Crippen MR) is 89.6 cm³/mol. The number of nitrogens with one attached hydrogen (secondary N) is 2. The lowest BCUT2D eigenvalue weighted by Crippen LogP contribution is -2.38. The van der Waals surface area contributed by atoms with Crippen molar-refractivity contribution in [1.82, 2.24) is 15.6 Å². The lowest BCUT2D eigenvalue weighted by atomic mass is 10.2. The molecule has 2 rings (SSSR count). The van der Waals surface area contributed by atoms with Gasteiger partial charge in [-0.1, -0.05) is 0 Å².